The van der Waals surface area contributed by atoms with Gasteiger partial charge >= 0.3 is 0 Å². The highest BCUT2D eigenvalue weighted by Crippen LogP contribution is 2.42. The van der Waals surface area contributed by atoms with E-state index in [1.54, 1.807) is 9.80 Å². The van der Waals surface area contributed by atoms with Crippen LogP contribution in [0.5, 0.6) is 0 Å². The highest BCUT2D eigenvalue weighted by Gasteiger charge is 2.41. The van der Waals surface area contributed by atoms with Crippen molar-refractivity contribution in [3.05, 3.63) is 76.3 Å². The molecule has 5 nitrogen and oxygen atoms in total. The van der Waals surface area contributed by atoms with Crippen LogP contribution >= 0.6 is 11.8 Å². The minimum absolute atomic E-state index is 0.0653. The summed E-state index contributed by atoms with van der Waals surface area (Å²) in [5.74, 6) is -0.361. The molecule has 0 spiro atoms. The minimum Gasteiger partial charge on any atom is -0.338 e. The molecule has 2 saturated heterocycles. The van der Waals surface area contributed by atoms with E-state index in [0.29, 0.717) is 30.2 Å². The Bertz CT molecular complexity index is 1030. The molecule has 6 heteroatoms. The van der Waals surface area contributed by atoms with Crippen molar-refractivity contribution in [2.75, 3.05) is 18.0 Å². The van der Waals surface area contributed by atoms with Crippen LogP contribution in [0.4, 0.5) is 5.69 Å². The van der Waals surface area contributed by atoms with Crippen LogP contribution in [0.25, 0.3) is 0 Å². The Morgan fingerprint density at radius 1 is 1.06 bits per heavy atom. The van der Waals surface area contributed by atoms with E-state index < -0.39 is 0 Å². The molecule has 0 saturated carbocycles. The van der Waals surface area contributed by atoms with Gasteiger partial charge in [-0.3, -0.25) is 14.5 Å². The number of para-hydroxylation sites is 1. The Kier molecular flexibility index (Phi) is 6.43. The highest BCUT2D eigenvalue weighted by atomic mass is 32.2. The third-order valence-corrected chi connectivity index (χ3v) is 6.95. The summed E-state index contributed by atoms with van der Waals surface area (Å²) in [4.78, 5) is 29.9. The number of nitrogens with zero attached hydrogens (tertiary/aromatic N) is 3. The Morgan fingerprint density at radius 3 is 2.39 bits per heavy atom. The van der Waals surface area contributed by atoms with Crippen LogP contribution in [0.3, 0.4) is 0 Å². The molecule has 4 rings (SSSR count). The fourth-order valence-corrected chi connectivity index (χ4v) is 5.29. The predicted molar refractivity (Wildman–Crippen MR) is 123 cm³/mol. The lowest BCUT2D eigenvalue weighted by molar-refractivity contribution is -0.127. The zero-order valence-corrected chi connectivity index (χ0v) is 18.4. The van der Waals surface area contributed by atoms with Crippen molar-refractivity contribution in [1.82, 2.24) is 4.90 Å². The van der Waals surface area contributed by atoms with Crippen molar-refractivity contribution in [3.63, 3.8) is 0 Å². The van der Waals surface area contributed by atoms with Gasteiger partial charge in [0.15, 0.2) is 0 Å². The van der Waals surface area contributed by atoms with Crippen molar-refractivity contribution in [2.45, 2.75) is 37.9 Å². The van der Waals surface area contributed by atoms with E-state index in [2.05, 4.69) is 6.07 Å². The van der Waals surface area contributed by atoms with Gasteiger partial charge in [0.1, 0.15) is 16.7 Å². The molecule has 2 aromatic rings. The zero-order valence-electron chi connectivity index (χ0n) is 17.6. The van der Waals surface area contributed by atoms with Crippen LogP contribution < -0.4 is 4.90 Å². The van der Waals surface area contributed by atoms with Crippen LogP contribution in [-0.4, -0.2) is 35.1 Å². The molecule has 31 heavy (non-hydrogen) atoms. The Labute approximate surface area is 187 Å². The highest BCUT2D eigenvalue weighted by molar-refractivity contribution is 8.05. The lowest BCUT2D eigenvalue weighted by atomic mass is 10.1. The number of carbonyl (C=O) groups excluding carboxylic acids is 2. The summed E-state index contributed by atoms with van der Waals surface area (Å²) in [5.41, 5.74) is 2.97. The summed E-state index contributed by atoms with van der Waals surface area (Å²) in [6.07, 6.45) is 3.55. The van der Waals surface area contributed by atoms with Crippen molar-refractivity contribution in [1.29, 1.82) is 5.26 Å². The Balaban J connectivity index is 1.71. The van der Waals surface area contributed by atoms with Crippen LogP contribution in [0, 0.1) is 18.3 Å². The van der Waals surface area contributed by atoms with E-state index in [-0.39, 0.29) is 22.6 Å². The van der Waals surface area contributed by atoms with Gasteiger partial charge < -0.3 is 4.90 Å². The van der Waals surface area contributed by atoms with Gasteiger partial charge in [-0.05, 0) is 50.3 Å². The molecule has 2 aliphatic heterocycles. The second kappa shape index (κ2) is 9.40. The number of aryl methyl sites for hydroxylation is 1. The van der Waals surface area contributed by atoms with Crippen molar-refractivity contribution >= 4 is 29.3 Å². The largest absolute Gasteiger partial charge is 0.338 e. The van der Waals surface area contributed by atoms with E-state index in [1.807, 2.05) is 61.5 Å². The molecule has 0 N–H and O–H groups in total. The summed E-state index contributed by atoms with van der Waals surface area (Å²) in [7, 11) is 0. The second-order valence-electron chi connectivity index (χ2n) is 7.95. The molecule has 0 aromatic heterocycles. The van der Waals surface area contributed by atoms with Crippen molar-refractivity contribution in [3.8, 4) is 6.07 Å². The van der Waals surface area contributed by atoms with Crippen LogP contribution in [0.1, 0.15) is 30.4 Å². The smallest absolute Gasteiger partial charge is 0.267 e. The minimum atomic E-state index is -0.379. The maximum Gasteiger partial charge on any atom is 0.267 e. The first kappa shape index (κ1) is 21.2. The second-order valence-corrected chi connectivity index (χ2v) is 9.14. The summed E-state index contributed by atoms with van der Waals surface area (Å²) in [6.45, 7) is 3.35. The van der Waals surface area contributed by atoms with E-state index >= 15 is 0 Å². The van der Waals surface area contributed by atoms with E-state index in [4.69, 9.17) is 0 Å². The van der Waals surface area contributed by atoms with E-state index in [9.17, 15) is 14.9 Å². The fraction of sp³-hybridized carbons (Fsp3) is 0.320. The molecular weight excluding hydrogens is 406 g/mol. The first-order valence-electron chi connectivity index (χ1n) is 10.6. The third kappa shape index (κ3) is 4.52. The number of thioether (sulfide) groups is 1. The van der Waals surface area contributed by atoms with Gasteiger partial charge in [-0.2, -0.15) is 5.26 Å². The number of nitriles is 1. The molecule has 2 aliphatic rings. The number of hydrogen-bond acceptors (Lipinski definition) is 4. The number of benzene rings is 2. The van der Waals surface area contributed by atoms with Crippen LogP contribution in [-0.2, 0) is 16.0 Å². The van der Waals surface area contributed by atoms with Crippen molar-refractivity contribution in [2.24, 2.45) is 0 Å². The maximum absolute atomic E-state index is 13.4. The van der Waals surface area contributed by atoms with Crippen LogP contribution in [0.2, 0.25) is 0 Å². The van der Waals surface area contributed by atoms with E-state index in [1.165, 1.54) is 17.3 Å². The van der Waals surface area contributed by atoms with Gasteiger partial charge in [-0.15, -0.1) is 0 Å². The number of likely N-dealkylation sites (tertiary alicyclic amines) is 1. The number of piperidine rings is 1. The van der Waals surface area contributed by atoms with Crippen molar-refractivity contribution < 1.29 is 9.59 Å². The lowest BCUT2D eigenvalue weighted by Gasteiger charge is -2.27. The summed E-state index contributed by atoms with van der Waals surface area (Å²) in [6, 6.07) is 19.5. The number of rotatable bonds is 4. The monoisotopic (exact) mass is 431 g/mol. The maximum atomic E-state index is 13.4. The molecule has 2 amide bonds. The molecule has 2 aromatic carbocycles. The fourth-order valence-electron chi connectivity index (χ4n) is 3.98. The first-order valence-corrected chi connectivity index (χ1v) is 11.5. The van der Waals surface area contributed by atoms with Gasteiger partial charge in [0.05, 0.1) is 5.25 Å². The molecule has 0 bridgehead atoms. The van der Waals surface area contributed by atoms with Crippen LogP contribution in [0.15, 0.2) is 65.2 Å². The Morgan fingerprint density at radius 2 is 1.74 bits per heavy atom. The number of hydrogen-bond donors (Lipinski definition) is 0. The predicted octanol–water partition coefficient (Wildman–Crippen LogP) is 4.43. The molecular formula is C25H25N3O2S. The first-order chi connectivity index (χ1) is 15.1. The number of carbonyl (C=O) groups is 2. The molecule has 2 heterocycles. The van der Waals surface area contributed by atoms with Gasteiger partial charge in [0.25, 0.3) is 5.91 Å². The topological polar surface area (TPSA) is 64.4 Å². The molecule has 2 fully saturated rings. The molecule has 158 valence electrons. The number of anilines is 1. The molecule has 0 aliphatic carbocycles. The van der Waals surface area contributed by atoms with Gasteiger partial charge in [-0.1, -0.05) is 59.8 Å². The molecule has 0 radical (unpaired) electrons. The average molecular weight is 432 g/mol. The van der Waals surface area contributed by atoms with Gasteiger partial charge in [-0.25, -0.2) is 0 Å². The lowest BCUT2D eigenvalue weighted by Crippen LogP contribution is -2.37. The average Bonchev–Trinajstić information content (AvgIpc) is 3.12. The summed E-state index contributed by atoms with van der Waals surface area (Å²) >= 11 is 1.33. The summed E-state index contributed by atoms with van der Waals surface area (Å²) in [5, 5.41) is 10.0. The zero-order chi connectivity index (χ0) is 21.8. The van der Waals surface area contributed by atoms with E-state index in [0.717, 1.165) is 24.8 Å². The third-order valence-electron chi connectivity index (χ3n) is 5.69. The Hall–Kier alpha value is -3.04. The normalized spacial score (nSPS) is 20.5. The standard InChI is InChI=1S/C25H25N3O2S/c1-18-10-12-19(13-11-18)16-22-24(30)28(20-8-4-2-5-9-20)25(31-22)21(17-26)23(29)27-14-6-3-7-15-27/h2,4-5,8-13,22H,3,6-7,14-16H2,1H3/b25-21-/t22-/m0/s1. The SMILES string of the molecule is Cc1ccc(C[C@@H]2S/C(=C(/C#N)C(=O)N3CCCCC3)N(c3ccccc3)C2=O)cc1. The molecule has 1 atom stereocenters. The molecule has 0 unspecified atom stereocenters. The van der Waals surface area contributed by atoms with Gasteiger partial charge in [0, 0.05) is 18.8 Å². The quantitative estimate of drug-likeness (QED) is 0.531. The van der Waals surface area contributed by atoms with Gasteiger partial charge in [0.2, 0.25) is 5.91 Å². The number of amides is 2. The summed E-state index contributed by atoms with van der Waals surface area (Å²) < 4.78 is 0.